The number of amides is 1. The summed E-state index contributed by atoms with van der Waals surface area (Å²) in [7, 11) is 0. The van der Waals surface area contributed by atoms with Crippen molar-refractivity contribution in [2.75, 3.05) is 0 Å². The van der Waals surface area contributed by atoms with Crippen molar-refractivity contribution in [3.05, 3.63) is 34.3 Å². The van der Waals surface area contributed by atoms with Gasteiger partial charge in [-0.2, -0.15) is 0 Å². The minimum Gasteiger partial charge on any atom is -0.480 e. The predicted molar refractivity (Wildman–Crippen MR) is 72.4 cm³/mol. The second-order valence-corrected chi connectivity index (χ2v) is 5.58. The second kappa shape index (κ2) is 5.52. The zero-order valence-electron chi connectivity index (χ0n) is 10.5. The van der Waals surface area contributed by atoms with E-state index in [0.29, 0.717) is 0 Å². The third kappa shape index (κ3) is 3.32. The molecule has 0 bridgehead atoms. The largest absolute Gasteiger partial charge is 0.480 e. The molecule has 0 saturated carbocycles. The van der Waals surface area contributed by atoms with Crippen LogP contribution >= 0.6 is 15.9 Å². The number of carboxylic acid groups (broad SMARTS) is 1. The lowest BCUT2D eigenvalue weighted by molar-refractivity contribution is -0.142. The SMILES string of the molecule is CC(NC(=O)C(C)(C)c1cccc(Br)c1)C(=O)O. The molecule has 2 N–H and O–H groups in total. The molecule has 0 aliphatic heterocycles. The average molecular weight is 314 g/mol. The van der Waals surface area contributed by atoms with Crippen LogP contribution in [0.1, 0.15) is 26.3 Å². The molecule has 1 atom stereocenters. The molecule has 1 rings (SSSR count). The van der Waals surface area contributed by atoms with Gasteiger partial charge in [0.15, 0.2) is 0 Å². The number of hydrogen-bond acceptors (Lipinski definition) is 2. The number of rotatable bonds is 4. The summed E-state index contributed by atoms with van der Waals surface area (Å²) >= 11 is 3.35. The molecule has 0 radical (unpaired) electrons. The summed E-state index contributed by atoms with van der Waals surface area (Å²) in [5.74, 6) is -1.36. The van der Waals surface area contributed by atoms with Gasteiger partial charge in [0.25, 0.3) is 0 Å². The first kappa shape index (κ1) is 14.7. The molecule has 0 spiro atoms. The third-order valence-electron chi connectivity index (χ3n) is 2.83. The molecular formula is C13H16BrNO3. The molecule has 0 fully saturated rings. The Hall–Kier alpha value is -1.36. The van der Waals surface area contributed by atoms with E-state index in [2.05, 4.69) is 21.2 Å². The van der Waals surface area contributed by atoms with E-state index >= 15 is 0 Å². The van der Waals surface area contributed by atoms with Crippen LogP contribution in [0, 0.1) is 0 Å². The van der Waals surface area contributed by atoms with Crippen LogP contribution in [0.2, 0.25) is 0 Å². The molecule has 4 nitrogen and oxygen atoms in total. The number of carbonyl (C=O) groups excluding carboxylic acids is 1. The fraction of sp³-hybridized carbons (Fsp3) is 0.385. The molecule has 1 aromatic carbocycles. The van der Waals surface area contributed by atoms with Crippen molar-refractivity contribution < 1.29 is 14.7 Å². The Morgan fingerprint density at radius 2 is 2.00 bits per heavy atom. The van der Waals surface area contributed by atoms with Crippen LogP contribution in [-0.4, -0.2) is 23.0 Å². The van der Waals surface area contributed by atoms with Crippen LogP contribution in [0.25, 0.3) is 0 Å². The van der Waals surface area contributed by atoms with Gasteiger partial charge in [-0.3, -0.25) is 9.59 Å². The Morgan fingerprint density at radius 1 is 1.39 bits per heavy atom. The quantitative estimate of drug-likeness (QED) is 0.896. The van der Waals surface area contributed by atoms with Crippen molar-refractivity contribution in [3.63, 3.8) is 0 Å². The van der Waals surface area contributed by atoms with E-state index in [9.17, 15) is 9.59 Å². The highest BCUT2D eigenvalue weighted by atomic mass is 79.9. The lowest BCUT2D eigenvalue weighted by Crippen LogP contribution is -2.47. The highest BCUT2D eigenvalue weighted by Gasteiger charge is 2.31. The van der Waals surface area contributed by atoms with Gasteiger partial charge >= 0.3 is 5.97 Å². The van der Waals surface area contributed by atoms with Crippen LogP contribution in [0.4, 0.5) is 0 Å². The summed E-state index contributed by atoms with van der Waals surface area (Å²) < 4.78 is 0.882. The fourth-order valence-electron chi connectivity index (χ4n) is 1.45. The topological polar surface area (TPSA) is 66.4 Å². The summed E-state index contributed by atoms with van der Waals surface area (Å²) in [4.78, 5) is 22.8. The summed E-state index contributed by atoms with van der Waals surface area (Å²) in [6.07, 6.45) is 0. The zero-order valence-corrected chi connectivity index (χ0v) is 12.1. The van der Waals surface area contributed by atoms with Crippen LogP contribution in [0.3, 0.4) is 0 Å². The third-order valence-corrected chi connectivity index (χ3v) is 3.33. The number of aliphatic carboxylic acids is 1. The smallest absolute Gasteiger partial charge is 0.325 e. The van der Waals surface area contributed by atoms with E-state index in [1.54, 1.807) is 13.8 Å². The Kier molecular flexibility index (Phi) is 4.51. The summed E-state index contributed by atoms with van der Waals surface area (Å²) in [5, 5.41) is 11.3. The van der Waals surface area contributed by atoms with Gasteiger partial charge < -0.3 is 10.4 Å². The maximum absolute atomic E-state index is 12.1. The molecule has 1 aromatic rings. The van der Waals surface area contributed by atoms with Gasteiger partial charge in [0.2, 0.25) is 5.91 Å². The fourth-order valence-corrected chi connectivity index (χ4v) is 1.85. The van der Waals surface area contributed by atoms with Crippen molar-refractivity contribution in [1.29, 1.82) is 0 Å². The van der Waals surface area contributed by atoms with E-state index in [1.807, 2.05) is 24.3 Å². The average Bonchev–Trinajstić information content (AvgIpc) is 2.28. The van der Waals surface area contributed by atoms with Crippen LogP contribution in [0.15, 0.2) is 28.7 Å². The molecule has 0 heterocycles. The molecule has 18 heavy (non-hydrogen) atoms. The van der Waals surface area contributed by atoms with Crippen LogP contribution in [0.5, 0.6) is 0 Å². The lowest BCUT2D eigenvalue weighted by Gasteiger charge is -2.25. The maximum atomic E-state index is 12.1. The molecule has 1 unspecified atom stereocenters. The van der Waals surface area contributed by atoms with Crippen molar-refractivity contribution in [2.45, 2.75) is 32.2 Å². The van der Waals surface area contributed by atoms with Gasteiger partial charge in [-0.1, -0.05) is 28.1 Å². The van der Waals surface area contributed by atoms with Gasteiger partial charge in [-0.05, 0) is 38.5 Å². The van der Waals surface area contributed by atoms with Gasteiger partial charge in [-0.25, -0.2) is 0 Å². The van der Waals surface area contributed by atoms with E-state index in [1.165, 1.54) is 6.92 Å². The van der Waals surface area contributed by atoms with Gasteiger partial charge in [0, 0.05) is 4.47 Å². The molecule has 1 amide bonds. The molecule has 0 aliphatic rings. The minimum atomic E-state index is -1.05. The first-order chi connectivity index (χ1) is 8.25. The second-order valence-electron chi connectivity index (χ2n) is 4.67. The highest BCUT2D eigenvalue weighted by molar-refractivity contribution is 9.10. The standard InChI is InChI=1S/C13H16BrNO3/c1-8(11(16)17)15-12(18)13(2,3)9-5-4-6-10(14)7-9/h4-8H,1-3H3,(H,15,18)(H,16,17). The van der Waals surface area contributed by atoms with Crippen molar-refractivity contribution in [1.82, 2.24) is 5.32 Å². The highest BCUT2D eigenvalue weighted by Crippen LogP contribution is 2.26. The number of hydrogen-bond donors (Lipinski definition) is 2. The molecule has 0 aliphatic carbocycles. The number of carboxylic acids is 1. The van der Waals surface area contributed by atoms with Crippen molar-refractivity contribution >= 4 is 27.8 Å². The predicted octanol–water partition coefficient (Wildman–Crippen LogP) is 2.32. The Labute approximate surface area is 115 Å². The van der Waals surface area contributed by atoms with Crippen LogP contribution < -0.4 is 5.32 Å². The van der Waals surface area contributed by atoms with E-state index < -0.39 is 17.4 Å². The first-order valence-electron chi connectivity index (χ1n) is 5.55. The zero-order chi connectivity index (χ0) is 13.9. The molecule has 5 heteroatoms. The Balaban J connectivity index is 2.92. The van der Waals surface area contributed by atoms with E-state index in [0.717, 1.165) is 10.0 Å². The molecule has 0 aromatic heterocycles. The van der Waals surface area contributed by atoms with Gasteiger partial charge in [-0.15, -0.1) is 0 Å². The van der Waals surface area contributed by atoms with Crippen molar-refractivity contribution in [2.24, 2.45) is 0 Å². The van der Waals surface area contributed by atoms with Crippen molar-refractivity contribution in [3.8, 4) is 0 Å². The molecular weight excluding hydrogens is 298 g/mol. The summed E-state index contributed by atoms with van der Waals surface area (Å²) in [5.41, 5.74) is 0.0417. The Morgan fingerprint density at radius 3 is 2.50 bits per heavy atom. The van der Waals surface area contributed by atoms with E-state index in [4.69, 9.17) is 5.11 Å². The number of carbonyl (C=O) groups is 2. The maximum Gasteiger partial charge on any atom is 0.325 e. The lowest BCUT2D eigenvalue weighted by atomic mass is 9.83. The number of halogens is 1. The first-order valence-corrected chi connectivity index (χ1v) is 6.34. The monoisotopic (exact) mass is 313 g/mol. The van der Waals surface area contributed by atoms with E-state index in [-0.39, 0.29) is 5.91 Å². The number of nitrogens with one attached hydrogen (secondary N) is 1. The normalized spacial score (nSPS) is 12.9. The summed E-state index contributed by atoms with van der Waals surface area (Å²) in [6, 6.07) is 6.51. The summed E-state index contributed by atoms with van der Waals surface area (Å²) in [6.45, 7) is 4.97. The van der Waals surface area contributed by atoms with Gasteiger partial charge in [0.05, 0.1) is 5.41 Å². The van der Waals surface area contributed by atoms with Crippen LogP contribution in [-0.2, 0) is 15.0 Å². The molecule has 0 saturated heterocycles. The molecule has 98 valence electrons. The minimum absolute atomic E-state index is 0.310. The Bertz CT molecular complexity index is 471. The van der Waals surface area contributed by atoms with Gasteiger partial charge in [0.1, 0.15) is 6.04 Å². The number of benzene rings is 1.